The molecule has 178 valence electrons. The predicted molar refractivity (Wildman–Crippen MR) is 122 cm³/mol. The van der Waals surface area contributed by atoms with Crippen LogP contribution in [0.5, 0.6) is 5.88 Å². The summed E-state index contributed by atoms with van der Waals surface area (Å²) in [6.45, 7) is 1.12. The first-order valence-corrected chi connectivity index (χ1v) is 11.0. The van der Waals surface area contributed by atoms with Crippen LogP contribution in [0.4, 0.5) is 4.39 Å². The maximum Gasteiger partial charge on any atom is 0.297 e. The molecule has 0 saturated carbocycles. The van der Waals surface area contributed by atoms with Gasteiger partial charge in [-0.2, -0.15) is 0 Å². The van der Waals surface area contributed by atoms with E-state index >= 15 is 0 Å². The number of carbonyl (C=O) groups is 3. The number of ketones is 1. The number of rotatable bonds is 6. The van der Waals surface area contributed by atoms with Crippen LogP contribution in [0.15, 0.2) is 41.0 Å². The van der Waals surface area contributed by atoms with E-state index in [9.17, 15) is 18.8 Å². The van der Waals surface area contributed by atoms with E-state index in [1.54, 1.807) is 17.0 Å². The third kappa shape index (κ3) is 4.64. The van der Waals surface area contributed by atoms with Crippen molar-refractivity contribution >= 4 is 28.5 Å². The number of Topliss-reactive ketones (excluding diaryl/α,β-unsaturated/α-hetero) is 1. The highest BCUT2D eigenvalue weighted by Gasteiger charge is 2.29. The molecular weight excluding hydrogens is 441 g/mol. The van der Waals surface area contributed by atoms with Crippen LogP contribution in [-0.4, -0.2) is 66.7 Å². The summed E-state index contributed by atoms with van der Waals surface area (Å²) in [5.74, 6) is -1.69. The van der Waals surface area contributed by atoms with Crippen molar-refractivity contribution in [2.24, 2.45) is 5.92 Å². The van der Waals surface area contributed by atoms with Gasteiger partial charge in [-0.1, -0.05) is 12.1 Å². The maximum absolute atomic E-state index is 13.3. The molecule has 9 heteroatoms. The minimum Gasteiger partial charge on any atom is -0.480 e. The molecule has 34 heavy (non-hydrogen) atoms. The number of piperidine rings is 1. The minimum atomic E-state index is -0.813. The second-order valence-electron chi connectivity index (χ2n) is 8.64. The Balaban J connectivity index is 1.52. The third-order valence-corrected chi connectivity index (χ3v) is 6.12. The van der Waals surface area contributed by atoms with Crippen LogP contribution in [0.1, 0.15) is 39.3 Å². The summed E-state index contributed by atoms with van der Waals surface area (Å²) < 4.78 is 23.8. The van der Waals surface area contributed by atoms with Crippen molar-refractivity contribution in [1.29, 1.82) is 0 Å². The smallest absolute Gasteiger partial charge is 0.297 e. The van der Waals surface area contributed by atoms with Gasteiger partial charge in [-0.15, -0.1) is 0 Å². The zero-order valence-electron chi connectivity index (χ0n) is 19.3. The normalized spacial score (nSPS) is 14.3. The van der Waals surface area contributed by atoms with Crippen molar-refractivity contribution < 1.29 is 27.9 Å². The summed E-state index contributed by atoms with van der Waals surface area (Å²) in [7, 11) is 4.37. The summed E-state index contributed by atoms with van der Waals surface area (Å²) in [4.78, 5) is 45.2. The molecule has 0 N–H and O–H groups in total. The Bertz CT molecular complexity index is 1230. The summed E-state index contributed by atoms with van der Waals surface area (Å²) >= 11 is 0. The van der Waals surface area contributed by atoms with Crippen LogP contribution in [0.2, 0.25) is 0 Å². The molecule has 0 spiro atoms. The maximum atomic E-state index is 13.3. The van der Waals surface area contributed by atoms with Crippen molar-refractivity contribution in [3.63, 3.8) is 0 Å². The highest BCUT2D eigenvalue weighted by molar-refractivity contribution is 6.43. The summed E-state index contributed by atoms with van der Waals surface area (Å²) in [6, 6.07) is 8.02. The molecule has 3 heterocycles. The van der Waals surface area contributed by atoms with E-state index in [2.05, 4.69) is 4.98 Å². The second-order valence-corrected chi connectivity index (χ2v) is 8.64. The first-order valence-electron chi connectivity index (χ1n) is 11.0. The van der Waals surface area contributed by atoms with Crippen molar-refractivity contribution in [3.05, 3.63) is 59.3 Å². The number of halogens is 1. The number of hydrogen-bond acceptors (Lipinski definition) is 6. The van der Waals surface area contributed by atoms with E-state index in [0.29, 0.717) is 24.5 Å². The Labute approximate surface area is 196 Å². The van der Waals surface area contributed by atoms with Gasteiger partial charge < -0.3 is 19.0 Å². The molecule has 1 saturated heterocycles. The van der Waals surface area contributed by atoms with Crippen molar-refractivity contribution in [2.45, 2.75) is 19.3 Å². The Hall–Kier alpha value is -3.75. The number of benzene rings is 1. The van der Waals surface area contributed by atoms with Gasteiger partial charge in [-0.05, 0) is 48.9 Å². The van der Waals surface area contributed by atoms with Crippen molar-refractivity contribution in [2.75, 3.05) is 34.3 Å². The molecule has 1 aliphatic heterocycles. The first kappa shape index (κ1) is 23.4. The highest BCUT2D eigenvalue weighted by Crippen LogP contribution is 2.30. The van der Waals surface area contributed by atoms with Crippen LogP contribution >= 0.6 is 0 Å². The average Bonchev–Trinajstić information content (AvgIpc) is 3.26. The number of likely N-dealkylation sites (N-methyl/N-ethyl adjacent to an activating group) is 1. The predicted octanol–water partition coefficient (Wildman–Crippen LogP) is 3.34. The van der Waals surface area contributed by atoms with E-state index in [0.717, 1.165) is 29.7 Å². The molecule has 1 fully saturated rings. The molecule has 8 nitrogen and oxygen atoms in total. The van der Waals surface area contributed by atoms with Crippen LogP contribution in [-0.2, 0) is 11.2 Å². The van der Waals surface area contributed by atoms with Gasteiger partial charge in [0, 0.05) is 27.2 Å². The quantitative estimate of drug-likeness (QED) is 0.408. The lowest BCUT2D eigenvalue weighted by atomic mass is 9.90. The van der Waals surface area contributed by atoms with Crippen LogP contribution in [0, 0.1) is 11.7 Å². The lowest BCUT2D eigenvalue weighted by Gasteiger charge is -2.32. The van der Waals surface area contributed by atoms with E-state index in [-0.39, 0.29) is 34.3 Å². The van der Waals surface area contributed by atoms with Gasteiger partial charge in [-0.3, -0.25) is 14.4 Å². The van der Waals surface area contributed by atoms with E-state index in [1.807, 2.05) is 0 Å². The number of hydrogen-bond donors (Lipinski definition) is 0. The molecule has 1 aliphatic rings. The van der Waals surface area contributed by atoms with Gasteiger partial charge in [0.25, 0.3) is 17.6 Å². The standard InChI is InChI=1S/C25H26FN3O5/c1-28(2)25(32)21(30)22-18-13-19(23(33-3)27-20(18)14-34-22)24(31)29-10-8-16(9-11-29)12-15-4-6-17(26)7-5-15/h4-7,13-14,16H,8-12H2,1-3H3. The molecule has 0 radical (unpaired) electrons. The fourth-order valence-electron chi connectivity index (χ4n) is 4.21. The van der Waals surface area contributed by atoms with E-state index in [4.69, 9.17) is 9.15 Å². The van der Waals surface area contributed by atoms with Crippen LogP contribution < -0.4 is 4.74 Å². The van der Waals surface area contributed by atoms with Gasteiger partial charge in [0.15, 0.2) is 5.76 Å². The SMILES string of the molecule is COc1nc2coc(C(=O)C(=O)N(C)C)c2cc1C(=O)N1CCC(Cc2ccc(F)cc2)CC1. The molecule has 2 aromatic heterocycles. The van der Waals surface area contributed by atoms with Crippen molar-refractivity contribution in [3.8, 4) is 5.88 Å². The number of amides is 2. The monoisotopic (exact) mass is 467 g/mol. The fourth-order valence-corrected chi connectivity index (χ4v) is 4.21. The van der Waals surface area contributed by atoms with Gasteiger partial charge in [0.2, 0.25) is 5.88 Å². The van der Waals surface area contributed by atoms with Crippen LogP contribution in [0.3, 0.4) is 0 Å². The van der Waals surface area contributed by atoms with E-state index in [1.165, 1.54) is 45.7 Å². The molecule has 2 amide bonds. The number of furan rings is 1. The molecule has 0 aliphatic carbocycles. The Morgan fingerprint density at radius 3 is 2.47 bits per heavy atom. The number of methoxy groups -OCH3 is 1. The average molecular weight is 467 g/mol. The highest BCUT2D eigenvalue weighted by atomic mass is 19.1. The summed E-state index contributed by atoms with van der Waals surface area (Å²) in [6.07, 6.45) is 3.73. The fraction of sp³-hybridized carbons (Fsp3) is 0.360. The van der Waals surface area contributed by atoms with Gasteiger partial charge in [0.05, 0.1) is 12.5 Å². The lowest BCUT2D eigenvalue weighted by molar-refractivity contribution is -0.124. The van der Waals surface area contributed by atoms with Gasteiger partial charge in [-0.25, -0.2) is 9.37 Å². The number of aromatic nitrogens is 1. The summed E-state index contributed by atoms with van der Waals surface area (Å²) in [5, 5.41) is 0.288. The van der Waals surface area contributed by atoms with Crippen LogP contribution in [0.25, 0.3) is 10.9 Å². The largest absolute Gasteiger partial charge is 0.480 e. The topological polar surface area (TPSA) is 93.0 Å². The number of pyridine rings is 1. The van der Waals surface area contributed by atoms with Crippen molar-refractivity contribution in [1.82, 2.24) is 14.8 Å². The molecule has 1 aromatic carbocycles. The number of fused-ring (bicyclic) bond motifs is 1. The molecule has 0 unspecified atom stereocenters. The number of carbonyl (C=O) groups excluding carboxylic acids is 3. The molecule has 0 atom stereocenters. The Kier molecular flexibility index (Phi) is 6.63. The Morgan fingerprint density at radius 2 is 1.85 bits per heavy atom. The van der Waals surface area contributed by atoms with Gasteiger partial charge >= 0.3 is 0 Å². The molecular formula is C25H26FN3O5. The van der Waals surface area contributed by atoms with E-state index < -0.39 is 11.7 Å². The number of nitrogens with zero attached hydrogens (tertiary/aromatic N) is 3. The zero-order chi connectivity index (χ0) is 24.4. The molecule has 4 rings (SSSR count). The van der Waals surface area contributed by atoms with Gasteiger partial charge in [0.1, 0.15) is 23.2 Å². The summed E-state index contributed by atoms with van der Waals surface area (Å²) in [5.41, 5.74) is 1.60. The first-order chi connectivity index (χ1) is 16.3. The Morgan fingerprint density at radius 1 is 1.18 bits per heavy atom. The third-order valence-electron chi connectivity index (χ3n) is 6.12. The molecule has 0 bridgehead atoms. The molecule has 3 aromatic rings. The zero-order valence-corrected chi connectivity index (χ0v) is 19.3. The number of ether oxygens (including phenoxy) is 1. The second kappa shape index (κ2) is 9.62. The number of likely N-dealkylation sites (tertiary alicyclic amines) is 1. The lowest BCUT2D eigenvalue weighted by Crippen LogP contribution is -2.39. The minimum absolute atomic E-state index is 0.129.